The molecule has 0 saturated heterocycles. The van der Waals surface area contributed by atoms with Gasteiger partial charge in [0.2, 0.25) is 0 Å². The number of nitrogens with one attached hydrogen (secondary N) is 1. The summed E-state index contributed by atoms with van der Waals surface area (Å²) >= 11 is 0. The predicted octanol–water partition coefficient (Wildman–Crippen LogP) is 2.18. The zero-order valence-electron chi connectivity index (χ0n) is 13.8. The molecule has 1 heterocycles. The minimum absolute atomic E-state index is 0.209. The van der Waals surface area contributed by atoms with Crippen molar-refractivity contribution in [2.75, 3.05) is 6.54 Å². The van der Waals surface area contributed by atoms with Gasteiger partial charge in [0, 0.05) is 17.7 Å². The van der Waals surface area contributed by atoms with Crippen LogP contribution in [-0.4, -0.2) is 33.4 Å². The van der Waals surface area contributed by atoms with Gasteiger partial charge >= 0.3 is 0 Å². The van der Waals surface area contributed by atoms with Crippen molar-refractivity contribution >= 4 is 5.91 Å². The Bertz CT molecular complexity index is 796. The number of hydrogen-bond acceptors (Lipinski definition) is 4. The Morgan fingerprint density at radius 3 is 2.67 bits per heavy atom. The van der Waals surface area contributed by atoms with E-state index >= 15 is 0 Å². The average Bonchev–Trinajstić information content (AvgIpc) is 3.36. The lowest BCUT2D eigenvalue weighted by atomic mass is 10.1. The quantitative estimate of drug-likeness (QED) is 0.882. The van der Waals surface area contributed by atoms with Crippen LogP contribution in [0.3, 0.4) is 0 Å². The Hall–Kier alpha value is -2.65. The molecule has 24 heavy (non-hydrogen) atoms. The monoisotopic (exact) mass is 324 g/mol. The maximum atomic E-state index is 12.5. The van der Waals surface area contributed by atoms with Gasteiger partial charge in [-0.2, -0.15) is 10.4 Å². The van der Waals surface area contributed by atoms with Gasteiger partial charge in [0.05, 0.1) is 29.5 Å². The molecule has 2 N–H and O–H groups in total. The number of rotatable bonds is 5. The van der Waals surface area contributed by atoms with Crippen LogP contribution in [0.15, 0.2) is 24.3 Å². The first-order chi connectivity index (χ1) is 11.5. The van der Waals surface area contributed by atoms with Crippen LogP contribution in [-0.2, 0) is 0 Å². The molecule has 6 heteroatoms. The van der Waals surface area contributed by atoms with E-state index in [2.05, 4.69) is 16.5 Å². The lowest BCUT2D eigenvalue weighted by Gasteiger charge is -2.09. The van der Waals surface area contributed by atoms with Crippen LogP contribution in [0.1, 0.15) is 47.4 Å². The van der Waals surface area contributed by atoms with E-state index < -0.39 is 6.10 Å². The van der Waals surface area contributed by atoms with E-state index in [1.54, 1.807) is 23.7 Å². The van der Waals surface area contributed by atoms with Crippen LogP contribution < -0.4 is 5.32 Å². The summed E-state index contributed by atoms with van der Waals surface area (Å²) in [6.07, 6.45) is 1.44. The zero-order valence-corrected chi connectivity index (χ0v) is 13.8. The van der Waals surface area contributed by atoms with Crippen LogP contribution in [0, 0.1) is 18.3 Å². The zero-order chi connectivity index (χ0) is 17.3. The van der Waals surface area contributed by atoms with Gasteiger partial charge in [-0.1, -0.05) is 12.1 Å². The molecule has 1 amide bonds. The highest BCUT2D eigenvalue weighted by molar-refractivity contribution is 5.95. The molecule has 0 aliphatic heterocycles. The highest BCUT2D eigenvalue weighted by Crippen LogP contribution is 2.38. The largest absolute Gasteiger partial charge is 0.392 e. The lowest BCUT2D eigenvalue weighted by Crippen LogP contribution is -2.32. The van der Waals surface area contributed by atoms with Crippen LogP contribution in [0.25, 0.3) is 11.3 Å². The maximum absolute atomic E-state index is 12.5. The molecule has 1 aliphatic rings. The van der Waals surface area contributed by atoms with Crippen LogP contribution >= 0.6 is 0 Å². The van der Waals surface area contributed by atoms with Crippen molar-refractivity contribution < 1.29 is 9.90 Å². The molecule has 0 spiro atoms. The number of aliphatic hydroxyl groups excluding tert-OH is 1. The molecule has 1 saturated carbocycles. The van der Waals surface area contributed by atoms with Crippen molar-refractivity contribution in [3.63, 3.8) is 0 Å². The van der Waals surface area contributed by atoms with E-state index in [4.69, 9.17) is 5.26 Å². The van der Waals surface area contributed by atoms with E-state index in [0.29, 0.717) is 11.3 Å². The molecule has 3 rings (SSSR count). The van der Waals surface area contributed by atoms with Crippen molar-refractivity contribution in [3.05, 3.63) is 41.1 Å². The third-order valence-electron chi connectivity index (χ3n) is 4.10. The highest BCUT2D eigenvalue weighted by atomic mass is 16.3. The Morgan fingerprint density at radius 2 is 2.12 bits per heavy atom. The number of aromatic nitrogens is 2. The van der Waals surface area contributed by atoms with Gasteiger partial charge < -0.3 is 10.4 Å². The van der Waals surface area contributed by atoms with Gasteiger partial charge in [0.15, 0.2) is 0 Å². The maximum Gasteiger partial charge on any atom is 0.269 e. The summed E-state index contributed by atoms with van der Waals surface area (Å²) in [6, 6.07) is 9.56. The molecule has 1 aromatic carbocycles. The smallest absolute Gasteiger partial charge is 0.269 e. The van der Waals surface area contributed by atoms with Crippen molar-refractivity contribution in [1.82, 2.24) is 15.1 Å². The van der Waals surface area contributed by atoms with E-state index in [9.17, 15) is 9.90 Å². The van der Waals surface area contributed by atoms with Crippen molar-refractivity contribution in [2.45, 2.75) is 38.8 Å². The van der Waals surface area contributed by atoms with Gasteiger partial charge in [0.1, 0.15) is 5.69 Å². The number of benzene rings is 1. The summed E-state index contributed by atoms with van der Waals surface area (Å²) in [4.78, 5) is 12.5. The van der Waals surface area contributed by atoms with Crippen LogP contribution in [0.2, 0.25) is 0 Å². The Kier molecular flexibility index (Phi) is 4.36. The molecular formula is C18H20N4O2. The Balaban J connectivity index is 1.98. The number of aliphatic hydroxyl groups is 1. The van der Waals surface area contributed by atoms with Gasteiger partial charge in [0.25, 0.3) is 5.91 Å². The number of hydrogen-bond donors (Lipinski definition) is 2. The van der Waals surface area contributed by atoms with Gasteiger partial charge in [-0.05, 0) is 38.8 Å². The van der Waals surface area contributed by atoms with E-state index in [-0.39, 0.29) is 18.5 Å². The third kappa shape index (κ3) is 3.17. The second kappa shape index (κ2) is 6.46. The fourth-order valence-electron chi connectivity index (χ4n) is 2.68. The molecule has 1 aromatic heterocycles. The molecule has 1 atom stereocenters. The normalized spacial score (nSPS) is 14.9. The molecule has 6 nitrogen and oxygen atoms in total. The molecule has 2 aromatic rings. The van der Waals surface area contributed by atoms with Crippen molar-refractivity contribution in [1.29, 1.82) is 5.26 Å². The Labute approximate surface area is 140 Å². The van der Waals surface area contributed by atoms with E-state index in [0.717, 1.165) is 29.7 Å². The number of carbonyl (C=O) groups is 1. The van der Waals surface area contributed by atoms with Gasteiger partial charge in [-0.3, -0.25) is 9.48 Å². The summed E-state index contributed by atoms with van der Waals surface area (Å²) in [7, 11) is 0. The van der Waals surface area contributed by atoms with E-state index in [1.165, 1.54) is 0 Å². The number of amides is 1. The summed E-state index contributed by atoms with van der Waals surface area (Å²) in [5.41, 5.74) is 3.60. The first-order valence-corrected chi connectivity index (χ1v) is 8.07. The molecule has 1 fully saturated rings. The topological polar surface area (TPSA) is 90.9 Å². The molecule has 1 unspecified atom stereocenters. The number of nitrogens with zero attached hydrogens (tertiary/aromatic N) is 3. The molecule has 0 bridgehead atoms. The van der Waals surface area contributed by atoms with Crippen molar-refractivity contribution in [2.24, 2.45) is 0 Å². The number of nitriles is 1. The van der Waals surface area contributed by atoms with Crippen molar-refractivity contribution in [3.8, 4) is 17.3 Å². The first kappa shape index (κ1) is 16.2. The number of carbonyl (C=O) groups excluding carboxylic acids is 1. The predicted molar refractivity (Wildman–Crippen MR) is 89.4 cm³/mol. The fraction of sp³-hybridized carbons (Fsp3) is 0.389. The summed E-state index contributed by atoms with van der Waals surface area (Å²) in [5.74, 6) is -0.215. The molecule has 124 valence electrons. The van der Waals surface area contributed by atoms with E-state index in [1.807, 2.05) is 19.1 Å². The van der Waals surface area contributed by atoms with Crippen LogP contribution in [0.5, 0.6) is 0 Å². The summed E-state index contributed by atoms with van der Waals surface area (Å²) < 4.78 is 1.81. The minimum atomic E-state index is -0.593. The first-order valence-electron chi connectivity index (χ1n) is 8.07. The second-order valence-electron chi connectivity index (χ2n) is 6.25. The highest BCUT2D eigenvalue weighted by Gasteiger charge is 2.32. The fourth-order valence-corrected chi connectivity index (χ4v) is 2.68. The standard InChI is InChI=1S/C18H20N4O2/c1-11(23)10-20-18(24)17-12(2)16(21-22(17)15-7-8-15)14-5-3-13(9-19)4-6-14/h3-6,11,15,23H,7-8,10H2,1-2H3,(H,20,24). The summed E-state index contributed by atoms with van der Waals surface area (Å²) in [5, 5.41) is 25.7. The second-order valence-corrected chi connectivity index (χ2v) is 6.25. The molecule has 1 aliphatic carbocycles. The van der Waals surface area contributed by atoms with Crippen LogP contribution in [0.4, 0.5) is 0 Å². The SMILES string of the molecule is Cc1c(-c2ccc(C#N)cc2)nn(C2CC2)c1C(=O)NCC(C)O. The minimum Gasteiger partial charge on any atom is -0.392 e. The molecular weight excluding hydrogens is 304 g/mol. The average molecular weight is 324 g/mol. The third-order valence-corrected chi connectivity index (χ3v) is 4.10. The summed E-state index contributed by atoms with van der Waals surface area (Å²) in [6.45, 7) is 3.73. The molecule has 0 radical (unpaired) electrons. The Morgan fingerprint density at radius 1 is 1.46 bits per heavy atom. The lowest BCUT2D eigenvalue weighted by molar-refractivity contribution is 0.0912. The van der Waals surface area contributed by atoms with Gasteiger partial charge in [-0.25, -0.2) is 0 Å². The van der Waals surface area contributed by atoms with Gasteiger partial charge in [-0.15, -0.1) is 0 Å².